The van der Waals surface area contributed by atoms with Gasteiger partial charge in [0.1, 0.15) is 0 Å². The molecule has 1 rings (SSSR count). The van der Waals surface area contributed by atoms with Crippen LogP contribution in [0.25, 0.3) is 0 Å². The lowest BCUT2D eigenvalue weighted by Gasteiger charge is -2.30. The first-order valence-corrected chi connectivity index (χ1v) is 8.63. The minimum absolute atomic E-state index is 0.100. The zero-order chi connectivity index (χ0) is 16.6. The summed E-state index contributed by atoms with van der Waals surface area (Å²) in [5, 5.41) is 9.97. The molecule has 1 aromatic heterocycles. The largest absolute Gasteiger partial charge is 0.379 e. The zero-order valence-electron chi connectivity index (χ0n) is 14.7. The molecule has 2 N–H and O–H groups in total. The van der Waals surface area contributed by atoms with Crippen molar-refractivity contribution in [3.05, 3.63) is 16.1 Å². The van der Waals surface area contributed by atoms with Gasteiger partial charge in [-0.2, -0.15) is 0 Å². The van der Waals surface area contributed by atoms with Crippen LogP contribution in [0.15, 0.2) is 10.4 Å². The quantitative estimate of drug-likeness (QED) is 0.459. The van der Waals surface area contributed by atoms with Crippen LogP contribution in [0.4, 0.5) is 0 Å². The number of methoxy groups -OCH3 is 1. The molecular weight excluding hydrogens is 296 g/mol. The Morgan fingerprint density at radius 2 is 2.14 bits per heavy atom. The van der Waals surface area contributed by atoms with Crippen LogP contribution in [-0.4, -0.2) is 44.3 Å². The van der Waals surface area contributed by atoms with Gasteiger partial charge in [0, 0.05) is 44.7 Å². The highest BCUT2D eigenvalue weighted by Crippen LogP contribution is 2.20. The van der Waals surface area contributed by atoms with Gasteiger partial charge in [0.15, 0.2) is 5.96 Å². The molecule has 126 valence electrons. The topological polar surface area (TPSA) is 58.5 Å². The van der Waals surface area contributed by atoms with Crippen molar-refractivity contribution in [3.8, 4) is 0 Å². The van der Waals surface area contributed by atoms with Gasteiger partial charge >= 0.3 is 0 Å². The summed E-state index contributed by atoms with van der Waals surface area (Å²) < 4.78 is 5.54. The monoisotopic (exact) mass is 326 g/mol. The molecule has 0 fully saturated rings. The molecule has 5 nitrogen and oxygen atoms in total. The first-order chi connectivity index (χ1) is 10.4. The van der Waals surface area contributed by atoms with E-state index in [1.807, 2.05) is 6.92 Å². The number of nitrogens with zero attached hydrogens (tertiary/aromatic N) is 2. The second-order valence-corrected chi connectivity index (χ2v) is 7.40. The number of ether oxygens (including phenoxy) is 1. The van der Waals surface area contributed by atoms with Crippen molar-refractivity contribution in [3.63, 3.8) is 0 Å². The molecule has 6 heteroatoms. The fraction of sp³-hybridized carbons (Fsp3) is 0.750. The van der Waals surface area contributed by atoms with Crippen molar-refractivity contribution in [1.82, 2.24) is 15.6 Å². The predicted octanol–water partition coefficient (Wildman–Crippen LogP) is 2.61. The molecule has 0 aliphatic carbocycles. The standard InChI is InChI=1S/C16H30N4OS/c1-12-11-22-14(20-12)8-7-9-18-15(17-5)19-10-13(21-6)16(2,3)4/h11,13H,7-10H2,1-6H3,(H2,17,18,19). The van der Waals surface area contributed by atoms with Gasteiger partial charge in [0.25, 0.3) is 0 Å². The maximum Gasteiger partial charge on any atom is 0.191 e. The summed E-state index contributed by atoms with van der Waals surface area (Å²) in [7, 11) is 3.54. The number of aromatic nitrogens is 1. The van der Waals surface area contributed by atoms with Crippen LogP contribution in [0.2, 0.25) is 0 Å². The molecule has 0 bridgehead atoms. The Balaban J connectivity index is 2.27. The first kappa shape index (κ1) is 18.9. The smallest absolute Gasteiger partial charge is 0.191 e. The Labute approximate surface area is 138 Å². The average molecular weight is 327 g/mol. The van der Waals surface area contributed by atoms with Crippen LogP contribution in [0.3, 0.4) is 0 Å². The first-order valence-electron chi connectivity index (χ1n) is 7.75. The number of hydrogen-bond donors (Lipinski definition) is 2. The van der Waals surface area contributed by atoms with Gasteiger partial charge < -0.3 is 15.4 Å². The Bertz CT molecular complexity index is 465. The van der Waals surface area contributed by atoms with E-state index in [1.54, 1.807) is 25.5 Å². The van der Waals surface area contributed by atoms with Crippen molar-refractivity contribution in [1.29, 1.82) is 0 Å². The van der Waals surface area contributed by atoms with Crippen LogP contribution in [0.5, 0.6) is 0 Å². The van der Waals surface area contributed by atoms with Crippen molar-refractivity contribution in [2.45, 2.75) is 46.6 Å². The molecule has 0 saturated carbocycles. The Morgan fingerprint density at radius 3 is 2.64 bits per heavy atom. The molecule has 0 aromatic carbocycles. The fourth-order valence-electron chi connectivity index (χ4n) is 2.12. The van der Waals surface area contributed by atoms with E-state index in [-0.39, 0.29) is 11.5 Å². The van der Waals surface area contributed by atoms with E-state index in [4.69, 9.17) is 4.74 Å². The molecule has 1 aromatic rings. The number of nitrogens with one attached hydrogen (secondary N) is 2. The predicted molar refractivity (Wildman–Crippen MR) is 94.8 cm³/mol. The summed E-state index contributed by atoms with van der Waals surface area (Å²) in [6.45, 7) is 10.2. The summed E-state index contributed by atoms with van der Waals surface area (Å²) in [4.78, 5) is 8.72. The summed E-state index contributed by atoms with van der Waals surface area (Å²) in [6.07, 6.45) is 2.19. The number of hydrogen-bond acceptors (Lipinski definition) is 4. The van der Waals surface area contributed by atoms with Gasteiger partial charge in [0.05, 0.1) is 11.1 Å². The highest BCUT2D eigenvalue weighted by Gasteiger charge is 2.24. The van der Waals surface area contributed by atoms with Crippen LogP contribution in [0.1, 0.15) is 37.9 Å². The molecule has 0 spiro atoms. The third-order valence-electron chi connectivity index (χ3n) is 3.46. The Morgan fingerprint density at radius 1 is 1.41 bits per heavy atom. The zero-order valence-corrected chi connectivity index (χ0v) is 15.5. The third-order valence-corrected chi connectivity index (χ3v) is 4.48. The summed E-state index contributed by atoms with van der Waals surface area (Å²) in [5.41, 5.74) is 1.21. The lowest BCUT2D eigenvalue weighted by atomic mass is 9.89. The maximum atomic E-state index is 5.54. The van der Waals surface area contributed by atoms with Crippen molar-refractivity contribution >= 4 is 17.3 Å². The molecule has 0 radical (unpaired) electrons. The minimum Gasteiger partial charge on any atom is -0.379 e. The highest BCUT2D eigenvalue weighted by molar-refractivity contribution is 7.09. The summed E-state index contributed by atoms with van der Waals surface area (Å²) in [6, 6.07) is 0. The lowest BCUT2D eigenvalue weighted by Crippen LogP contribution is -2.45. The summed E-state index contributed by atoms with van der Waals surface area (Å²) in [5.74, 6) is 0.821. The molecule has 0 aliphatic rings. The van der Waals surface area contributed by atoms with Crippen molar-refractivity contribution in [2.24, 2.45) is 10.4 Å². The third kappa shape index (κ3) is 6.75. The molecule has 1 unspecified atom stereocenters. The number of rotatable bonds is 7. The number of aliphatic imine (C=N–C) groups is 1. The van der Waals surface area contributed by atoms with Gasteiger partial charge in [0.2, 0.25) is 0 Å². The maximum absolute atomic E-state index is 5.54. The highest BCUT2D eigenvalue weighted by atomic mass is 32.1. The molecule has 0 aliphatic heterocycles. The van der Waals surface area contributed by atoms with Crippen LogP contribution < -0.4 is 10.6 Å². The molecule has 22 heavy (non-hydrogen) atoms. The normalized spacial score (nSPS) is 14.0. The van der Waals surface area contributed by atoms with E-state index in [9.17, 15) is 0 Å². The molecule has 1 atom stereocenters. The minimum atomic E-state index is 0.100. The van der Waals surface area contributed by atoms with Crippen LogP contribution >= 0.6 is 11.3 Å². The van der Waals surface area contributed by atoms with E-state index in [1.165, 1.54) is 5.01 Å². The average Bonchev–Trinajstić information content (AvgIpc) is 2.86. The Kier molecular flexibility index (Phi) is 7.82. The second-order valence-electron chi connectivity index (χ2n) is 6.46. The Hall–Kier alpha value is -1.14. The van der Waals surface area contributed by atoms with Crippen LogP contribution in [0, 0.1) is 12.3 Å². The van der Waals surface area contributed by atoms with E-state index >= 15 is 0 Å². The van der Waals surface area contributed by atoms with E-state index in [0.717, 1.165) is 37.6 Å². The van der Waals surface area contributed by atoms with Crippen molar-refractivity contribution < 1.29 is 4.74 Å². The van der Waals surface area contributed by atoms with Gasteiger partial charge in [-0.05, 0) is 18.8 Å². The van der Waals surface area contributed by atoms with Crippen LogP contribution in [-0.2, 0) is 11.2 Å². The number of thiazole rings is 1. The van der Waals surface area contributed by atoms with Gasteiger partial charge in [-0.15, -0.1) is 11.3 Å². The van der Waals surface area contributed by atoms with Gasteiger partial charge in [-0.3, -0.25) is 4.99 Å². The molecule has 1 heterocycles. The summed E-state index contributed by atoms with van der Waals surface area (Å²) >= 11 is 1.73. The SMILES string of the molecule is CN=C(NCCCc1nc(C)cs1)NCC(OC)C(C)(C)C. The van der Waals surface area contributed by atoms with Crippen molar-refractivity contribution in [2.75, 3.05) is 27.2 Å². The van der Waals surface area contributed by atoms with E-state index in [0.29, 0.717) is 0 Å². The fourth-order valence-corrected chi connectivity index (χ4v) is 2.94. The second kappa shape index (κ2) is 9.10. The molecular formula is C16H30N4OS. The van der Waals surface area contributed by atoms with E-state index in [2.05, 4.69) is 46.8 Å². The molecule has 0 amide bonds. The van der Waals surface area contributed by atoms with Gasteiger partial charge in [-0.25, -0.2) is 4.98 Å². The van der Waals surface area contributed by atoms with Gasteiger partial charge in [-0.1, -0.05) is 20.8 Å². The van der Waals surface area contributed by atoms with E-state index < -0.39 is 0 Å². The molecule has 0 saturated heterocycles. The number of guanidine groups is 1. The lowest BCUT2D eigenvalue weighted by molar-refractivity contribution is 0.0205. The number of aryl methyl sites for hydroxylation is 2.